The molecule has 2 aromatic rings. The molecule has 0 spiro atoms. The highest BCUT2D eigenvalue weighted by molar-refractivity contribution is 7.99. The fraction of sp³-hybridized carbons (Fsp3) is 0.353. The number of amides is 1. The molecule has 0 radical (unpaired) electrons. The molecular weight excluding hydrogens is 350 g/mol. The minimum atomic E-state index is -0.00298. The Hall–Kier alpha value is -1.17. The third-order valence-corrected chi connectivity index (χ3v) is 6.56. The Morgan fingerprint density at radius 1 is 1.35 bits per heavy atom. The van der Waals surface area contributed by atoms with Crippen molar-refractivity contribution in [1.29, 1.82) is 0 Å². The average Bonchev–Trinajstić information content (AvgIpc) is 2.99. The summed E-state index contributed by atoms with van der Waals surface area (Å²) < 4.78 is 5.31. The molecule has 0 aliphatic carbocycles. The molecule has 1 aromatic heterocycles. The molecule has 2 heterocycles. The van der Waals surface area contributed by atoms with Crippen LogP contribution in [0.25, 0.3) is 0 Å². The number of benzene rings is 1. The summed E-state index contributed by atoms with van der Waals surface area (Å²) in [6.07, 6.45) is 0.972. The van der Waals surface area contributed by atoms with Gasteiger partial charge in [0.25, 0.3) is 5.91 Å². The Kier molecular flexibility index (Phi) is 5.51. The quantitative estimate of drug-likeness (QED) is 0.785. The van der Waals surface area contributed by atoms with Crippen molar-refractivity contribution in [3.63, 3.8) is 0 Å². The second kappa shape index (κ2) is 7.60. The van der Waals surface area contributed by atoms with E-state index in [9.17, 15) is 4.79 Å². The van der Waals surface area contributed by atoms with Crippen LogP contribution >= 0.6 is 34.7 Å². The summed E-state index contributed by atoms with van der Waals surface area (Å²) in [6, 6.07) is 9.45. The van der Waals surface area contributed by atoms with E-state index >= 15 is 0 Å². The van der Waals surface area contributed by atoms with Gasteiger partial charge in [0, 0.05) is 34.0 Å². The molecule has 1 saturated heterocycles. The first-order valence-corrected chi connectivity index (χ1v) is 9.77. The maximum absolute atomic E-state index is 12.9. The Morgan fingerprint density at radius 2 is 2.22 bits per heavy atom. The van der Waals surface area contributed by atoms with Crippen LogP contribution in [0.5, 0.6) is 5.75 Å². The van der Waals surface area contributed by atoms with E-state index < -0.39 is 0 Å². The standard InChI is InChI=1S/C17H18ClNO2S2/c1-21-14-5-4-12(18)11-13(14)17(20)19-7-6-16(23-10-8-19)15-3-2-9-22-15/h2-5,9,11,16H,6-8,10H2,1H3/t16-/m1/s1. The minimum Gasteiger partial charge on any atom is -0.496 e. The molecule has 0 saturated carbocycles. The third-order valence-electron chi connectivity index (χ3n) is 3.88. The predicted molar refractivity (Wildman–Crippen MR) is 98.0 cm³/mol. The number of ether oxygens (including phenoxy) is 1. The van der Waals surface area contributed by atoms with Gasteiger partial charge in [0.05, 0.1) is 12.7 Å². The van der Waals surface area contributed by atoms with Crippen molar-refractivity contribution in [2.75, 3.05) is 26.0 Å². The molecule has 1 aliphatic heterocycles. The van der Waals surface area contributed by atoms with E-state index in [1.54, 1.807) is 36.6 Å². The van der Waals surface area contributed by atoms with E-state index in [1.165, 1.54) is 4.88 Å². The van der Waals surface area contributed by atoms with Crippen molar-refractivity contribution >= 4 is 40.6 Å². The molecular formula is C17H18ClNO2S2. The molecule has 1 aliphatic rings. The SMILES string of the molecule is COc1ccc(Cl)cc1C(=O)N1CCS[C@@H](c2cccs2)CC1. The van der Waals surface area contributed by atoms with E-state index in [0.717, 1.165) is 25.3 Å². The smallest absolute Gasteiger partial charge is 0.257 e. The predicted octanol–water partition coefficient (Wildman–Crippen LogP) is 4.73. The summed E-state index contributed by atoms with van der Waals surface area (Å²) in [4.78, 5) is 16.2. The largest absolute Gasteiger partial charge is 0.496 e. The monoisotopic (exact) mass is 367 g/mol. The highest BCUT2D eigenvalue weighted by Crippen LogP contribution is 2.37. The summed E-state index contributed by atoms with van der Waals surface area (Å²) in [5.41, 5.74) is 0.541. The van der Waals surface area contributed by atoms with Gasteiger partial charge < -0.3 is 9.64 Å². The number of nitrogens with zero attached hydrogens (tertiary/aromatic N) is 1. The third kappa shape index (κ3) is 3.84. The van der Waals surface area contributed by atoms with Crippen molar-refractivity contribution < 1.29 is 9.53 Å². The van der Waals surface area contributed by atoms with Crippen LogP contribution in [0.15, 0.2) is 35.7 Å². The lowest BCUT2D eigenvalue weighted by molar-refractivity contribution is 0.0763. The van der Waals surface area contributed by atoms with Gasteiger partial charge in [0.15, 0.2) is 0 Å². The summed E-state index contributed by atoms with van der Waals surface area (Å²) >= 11 is 9.77. The molecule has 0 unspecified atom stereocenters. The zero-order chi connectivity index (χ0) is 16.2. The van der Waals surface area contributed by atoms with Gasteiger partial charge in [-0.1, -0.05) is 17.7 Å². The number of thiophene rings is 1. The van der Waals surface area contributed by atoms with Crippen LogP contribution in [0.3, 0.4) is 0 Å². The van der Waals surface area contributed by atoms with Crippen molar-refractivity contribution in [3.05, 3.63) is 51.2 Å². The van der Waals surface area contributed by atoms with E-state index in [0.29, 0.717) is 21.6 Å². The summed E-state index contributed by atoms with van der Waals surface area (Å²) in [5.74, 6) is 1.51. The lowest BCUT2D eigenvalue weighted by Gasteiger charge is -2.21. The molecule has 6 heteroatoms. The van der Waals surface area contributed by atoms with Gasteiger partial charge in [-0.05, 0) is 36.1 Å². The Morgan fingerprint density at radius 3 is 2.96 bits per heavy atom. The fourth-order valence-electron chi connectivity index (χ4n) is 2.69. The van der Waals surface area contributed by atoms with Gasteiger partial charge in [-0.25, -0.2) is 0 Å². The summed E-state index contributed by atoms with van der Waals surface area (Å²) in [6.45, 7) is 1.51. The van der Waals surface area contributed by atoms with Gasteiger partial charge in [0.1, 0.15) is 5.75 Å². The number of carbonyl (C=O) groups is 1. The van der Waals surface area contributed by atoms with Crippen molar-refractivity contribution in [3.8, 4) is 5.75 Å². The van der Waals surface area contributed by atoms with Crippen LogP contribution in [0.1, 0.15) is 26.9 Å². The number of carbonyl (C=O) groups excluding carboxylic acids is 1. The van der Waals surface area contributed by atoms with Crippen LogP contribution in [0.2, 0.25) is 5.02 Å². The number of hydrogen-bond donors (Lipinski definition) is 0. The molecule has 1 aromatic carbocycles. The number of thioether (sulfide) groups is 1. The molecule has 1 amide bonds. The van der Waals surface area contributed by atoms with Gasteiger partial charge in [-0.15, -0.1) is 11.3 Å². The van der Waals surface area contributed by atoms with Gasteiger partial charge in [0.2, 0.25) is 0 Å². The zero-order valence-corrected chi connectivity index (χ0v) is 15.2. The van der Waals surface area contributed by atoms with E-state index in [-0.39, 0.29) is 5.91 Å². The average molecular weight is 368 g/mol. The molecule has 23 heavy (non-hydrogen) atoms. The second-order valence-corrected chi connectivity index (χ2v) is 8.03. The van der Waals surface area contributed by atoms with Crippen molar-refractivity contribution in [1.82, 2.24) is 4.90 Å². The topological polar surface area (TPSA) is 29.5 Å². The van der Waals surface area contributed by atoms with Crippen LogP contribution in [0.4, 0.5) is 0 Å². The first-order valence-electron chi connectivity index (χ1n) is 7.47. The van der Waals surface area contributed by atoms with E-state index in [4.69, 9.17) is 16.3 Å². The number of hydrogen-bond acceptors (Lipinski definition) is 4. The van der Waals surface area contributed by atoms with E-state index in [1.807, 2.05) is 16.7 Å². The van der Waals surface area contributed by atoms with Crippen LogP contribution < -0.4 is 4.74 Å². The molecule has 0 N–H and O–H groups in total. The Labute approximate surface area is 149 Å². The van der Waals surface area contributed by atoms with Gasteiger partial charge in [-0.2, -0.15) is 11.8 Å². The maximum atomic E-state index is 12.9. The normalized spacial score (nSPS) is 18.5. The highest BCUT2D eigenvalue weighted by atomic mass is 35.5. The molecule has 122 valence electrons. The summed E-state index contributed by atoms with van der Waals surface area (Å²) in [7, 11) is 1.57. The Balaban J connectivity index is 1.74. The van der Waals surface area contributed by atoms with Crippen molar-refractivity contribution in [2.45, 2.75) is 11.7 Å². The zero-order valence-electron chi connectivity index (χ0n) is 12.8. The van der Waals surface area contributed by atoms with E-state index in [2.05, 4.69) is 17.5 Å². The lowest BCUT2D eigenvalue weighted by atomic mass is 10.1. The van der Waals surface area contributed by atoms with Crippen LogP contribution in [-0.2, 0) is 0 Å². The van der Waals surface area contributed by atoms with Crippen LogP contribution in [-0.4, -0.2) is 36.8 Å². The molecule has 1 atom stereocenters. The molecule has 3 nitrogen and oxygen atoms in total. The number of rotatable bonds is 3. The molecule has 3 rings (SSSR count). The fourth-order valence-corrected chi connectivity index (χ4v) is 5.10. The van der Waals surface area contributed by atoms with Crippen molar-refractivity contribution in [2.24, 2.45) is 0 Å². The number of methoxy groups -OCH3 is 1. The molecule has 0 bridgehead atoms. The molecule has 1 fully saturated rings. The number of halogens is 1. The Bertz CT molecular complexity index is 675. The van der Waals surface area contributed by atoms with Gasteiger partial charge >= 0.3 is 0 Å². The van der Waals surface area contributed by atoms with Crippen LogP contribution in [0, 0.1) is 0 Å². The van der Waals surface area contributed by atoms with Gasteiger partial charge in [-0.3, -0.25) is 4.79 Å². The maximum Gasteiger partial charge on any atom is 0.257 e. The second-order valence-electron chi connectivity index (χ2n) is 5.30. The summed E-state index contributed by atoms with van der Waals surface area (Å²) in [5, 5.41) is 3.14. The highest BCUT2D eigenvalue weighted by Gasteiger charge is 2.25. The first kappa shape index (κ1) is 16.7. The first-order chi connectivity index (χ1) is 11.2. The minimum absolute atomic E-state index is 0.00298. The lowest BCUT2D eigenvalue weighted by Crippen LogP contribution is -2.33.